The third-order valence-electron chi connectivity index (χ3n) is 6.18. The highest BCUT2D eigenvalue weighted by atomic mass is 16.3. The maximum Gasteiger partial charge on any atom is 0.242 e. The van der Waals surface area contributed by atoms with Gasteiger partial charge < -0.3 is 15.7 Å². The van der Waals surface area contributed by atoms with E-state index in [1.807, 2.05) is 55.4 Å². The van der Waals surface area contributed by atoms with Crippen LogP contribution < -0.4 is 10.6 Å². The first kappa shape index (κ1) is 26.0. The lowest BCUT2D eigenvalue weighted by molar-refractivity contribution is -0.131. The number of nitrogens with zero attached hydrogens (tertiary/aromatic N) is 1. The van der Waals surface area contributed by atoms with Gasteiger partial charge in [-0.15, -0.1) is 0 Å². The van der Waals surface area contributed by atoms with Crippen LogP contribution in [-0.2, 0) is 16.0 Å². The molecule has 35 heavy (non-hydrogen) atoms. The van der Waals surface area contributed by atoms with E-state index in [9.17, 15) is 14.7 Å². The average Bonchev–Trinajstić information content (AvgIpc) is 2.86. The standard InChI is InChI=1S/C29H35N3O3/c1-21(31-29(35)27(32(2)3)20-22-14-16-25(33)17-15-22)28(34)30-19-18-26(23-10-6-4-7-11-23)24-12-8-5-9-13-24/h4-17,21,26-27,33H,18-20H2,1-3H3,(H,30,34)(H,31,35)/t21-,27+/m1/s1. The smallest absolute Gasteiger partial charge is 0.242 e. The predicted molar refractivity (Wildman–Crippen MR) is 139 cm³/mol. The lowest BCUT2D eigenvalue weighted by Crippen LogP contribution is -2.52. The summed E-state index contributed by atoms with van der Waals surface area (Å²) in [5.74, 6) is -0.0600. The monoisotopic (exact) mass is 473 g/mol. The van der Waals surface area contributed by atoms with Gasteiger partial charge in [0.15, 0.2) is 0 Å². The zero-order valence-electron chi connectivity index (χ0n) is 20.6. The van der Waals surface area contributed by atoms with Gasteiger partial charge >= 0.3 is 0 Å². The molecule has 6 nitrogen and oxygen atoms in total. The molecule has 0 aliphatic rings. The third-order valence-corrected chi connectivity index (χ3v) is 6.18. The van der Waals surface area contributed by atoms with Crippen molar-refractivity contribution in [1.82, 2.24) is 15.5 Å². The van der Waals surface area contributed by atoms with E-state index in [-0.39, 0.29) is 23.5 Å². The molecule has 0 radical (unpaired) electrons. The molecule has 6 heteroatoms. The number of nitrogens with one attached hydrogen (secondary N) is 2. The molecule has 0 aromatic heterocycles. The summed E-state index contributed by atoms with van der Waals surface area (Å²) in [5, 5.41) is 15.3. The summed E-state index contributed by atoms with van der Waals surface area (Å²) >= 11 is 0. The first-order valence-corrected chi connectivity index (χ1v) is 12.0. The molecule has 0 bridgehead atoms. The van der Waals surface area contributed by atoms with Crippen molar-refractivity contribution in [2.24, 2.45) is 0 Å². The molecule has 0 unspecified atom stereocenters. The van der Waals surface area contributed by atoms with Crippen molar-refractivity contribution in [3.63, 3.8) is 0 Å². The van der Waals surface area contributed by atoms with Crippen LogP contribution in [0, 0.1) is 0 Å². The van der Waals surface area contributed by atoms with Gasteiger partial charge in [0.25, 0.3) is 0 Å². The largest absolute Gasteiger partial charge is 0.508 e. The van der Waals surface area contributed by atoms with Crippen molar-refractivity contribution >= 4 is 11.8 Å². The molecule has 0 fully saturated rings. The summed E-state index contributed by atoms with van der Waals surface area (Å²) in [6.07, 6.45) is 1.23. The number of hydrogen-bond donors (Lipinski definition) is 3. The number of hydrogen-bond acceptors (Lipinski definition) is 4. The topological polar surface area (TPSA) is 81.7 Å². The number of amides is 2. The van der Waals surface area contributed by atoms with Crippen LogP contribution in [0.1, 0.15) is 36.0 Å². The minimum Gasteiger partial charge on any atom is -0.508 e. The van der Waals surface area contributed by atoms with E-state index in [4.69, 9.17) is 0 Å². The van der Waals surface area contributed by atoms with E-state index in [0.29, 0.717) is 13.0 Å². The molecule has 0 saturated heterocycles. The molecule has 3 aromatic carbocycles. The predicted octanol–water partition coefficient (Wildman–Crippen LogP) is 3.71. The van der Waals surface area contributed by atoms with Gasteiger partial charge in [-0.2, -0.15) is 0 Å². The van der Waals surface area contributed by atoms with Gasteiger partial charge in [0.1, 0.15) is 11.8 Å². The van der Waals surface area contributed by atoms with Crippen LogP contribution >= 0.6 is 0 Å². The van der Waals surface area contributed by atoms with Crippen LogP contribution in [0.3, 0.4) is 0 Å². The van der Waals surface area contributed by atoms with Crippen molar-refractivity contribution in [3.8, 4) is 5.75 Å². The van der Waals surface area contributed by atoms with Gasteiger partial charge in [-0.25, -0.2) is 0 Å². The lowest BCUT2D eigenvalue weighted by atomic mass is 9.88. The second kappa shape index (κ2) is 12.7. The third kappa shape index (κ3) is 7.69. The second-order valence-electron chi connectivity index (χ2n) is 9.03. The van der Waals surface area contributed by atoms with Crippen molar-refractivity contribution in [2.75, 3.05) is 20.6 Å². The quantitative estimate of drug-likeness (QED) is 0.397. The number of phenolic OH excluding ortho intramolecular Hbond substituents is 1. The SMILES string of the molecule is C[C@@H](NC(=O)[C@H](Cc1ccc(O)cc1)N(C)C)C(=O)NCCC(c1ccccc1)c1ccccc1. The summed E-state index contributed by atoms with van der Waals surface area (Å²) in [6.45, 7) is 2.20. The maximum absolute atomic E-state index is 12.9. The molecule has 0 heterocycles. The molecule has 0 aliphatic carbocycles. The molecule has 3 aromatic rings. The van der Waals surface area contributed by atoms with E-state index < -0.39 is 12.1 Å². The van der Waals surface area contributed by atoms with Gasteiger partial charge in [0, 0.05) is 12.5 Å². The highest BCUT2D eigenvalue weighted by Crippen LogP contribution is 2.27. The Morgan fingerprint density at radius 2 is 1.37 bits per heavy atom. The summed E-state index contributed by atoms with van der Waals surface area (Å²) in [6, 6.07) is 26.3. The van der Waals surface area contributed by atoms with E-state index in [2.05, 4.69) is 34.9 Å². The number of phenols is 1. The molecule has 184 valence electrons. The normalized spacial score (nSPS) is 12.8. The van der Waals surface area contributed by atoms with E-state index in [0.717, 1.165) is 12.0 Å². The summed E-state index contributed by atoms with van der Waals surface area (Å²) in [4.78, 5) is 27.5. The Morgan fingerprint density at radius 3 is 1.89 bits per heavy atom. The molecule has 3 rings (SSSR count). The number of aromatic hydroxyl groups is 1. The molecular weight excluding hydrogens is 438 g/mol. The minimum absolute atomic E-state index is 0.172. The molecular formula is C29H35N3O3. The van der Waals surface area contributed by atoms with Crippen molar-refractivity contribution in [3.05, 3.63) is 102 Å². The van der Waals surface area contributed by atoms with E-state index >= 15 is 0 Å². The molecule has 0 saturated carbocycles. The van der Waals surface area contributed by atoms with Crippen molar-refractivity contribution < 1.29 is 14.7 Å². The highest BCUT2D eigenvalue weighted by Gasteiger charge is 2.25. The molecule has 0 aliphatic heterocycles. The maximum atomic E-state index is 12.9. The van der Waals surface area contributed by atoms with Crippen LogP contribution in [0.15, 0.2) is 84.9 Å². The number of carbonyl (C=O) groups is 2. The second-order valence-corrected chi connectivity index (χ2v) is 9.03. The molecule has 2 atom stereocenters. The molecule has 0 spiro atoms. The summed E-state index contributed by atoms with van der Waals surface area (Å²) in [5.41, 5.74) is 3.34. The Balaban J connectivity index is 1.55. The number of carbonyl (C=O) groups excluding carboxylic acids is 2. The van der Waals surface area contributed by atoms with Crippen LogP contribution in [0.4, 0.5) is 0 Å². The zero-order valence-corrected chi connectivity index (χ0v) is 20.6. The van der Waals surface area contributed by atoms with E-state index in [1.54, 1.807) is 31.2 Å². The Morgan fingerprint density at radius 1 is 0.829 bits per heavy atom. The van der Waals surface area contributed by atoms with Crippen LogP contribution in [-0.4, -0.2) is 54.5 Å². The number of rotatable bonds is 11. The van der Waals surface area contributed by atoms with Crippen LogP contribution in [0.25, 0.3) is 0 Å². The zero-order chi connectivity index (χ0) is 25.2. The van der Waals surface area contributed by atoms with Gasteiger partial charge in [0.05, 0.1) is 6.04 Å². The number of benzene rings is 3. The van der Waals surface area contributed by atoms with Gasteiger partial charge in [-0.05, 0) is 62.7 Å². The lowest BCUT2D eigenvalue weighted by Gasteiger charge is -2.25. The summed E-state index contributed by atoms with van der Waals surface area (Å²) in [7, 11) is 3.67. The van der Waals surface area contributed by atoms with Crippen LogP contribution in [0.5, 0.6) is 5.75 Å². The first-order valence-electron chi connectivity index (χ1n) is 12.0. The van der Waals surface area contributed by atoms with E-state index in [1.165, 1.54) is 11.1 Å². The molecule has 2 amide bonds. The fourth-order valence-corrected chi connectivity index (χ4v) is 4.13. The minimum atomic E-state index is -0.656. The van der Waals surface area contributed by atoms with Gasteiger partial charge in [-0.1, -0.05) is 72.8 Å². The van der Waals surface area contributed by atoms with Crippen LogP contribution in [0.2, 0.25) is 0 Å². The summed E-state index contributed by atoms with van der Waals surface area (Å²) < 4.78 is 0. The Kier molecular flexibility index (Phi) is 9.44. The van der Waals surface area contributed by atoms with Crippen molar-refractivity contribution in [2.45, 2.75) is 37.8 Å². The average molecular weight is 474 g/mol. The Labute approximate surface area is 208 Å². The molecule has 3 N–H and O–H groups in total. The first-order chi connectivity index (χ1) is 16.8. The number of likely N-dealkylation sites (N-methyl/N-ethyl adjacent to an activating group) is 1. The highest BCUT2D eigenvalue weighted by molar-refractivity contribution is 5.89. The van der Waals surface area contributed by atoms with Gasteiger partial charge in [-0.3, -0.25) is 14.5 Å². The Bertz CT molecular complexity index is 1030. The van der Waals surface area contributed by atoms with Crippen molar-refractivity contribution in [1.29, 1.82) is 0 Å². The Hall–Kier alpha value is -3.64. The fourth-order valence-electron chi connectivity index (χ4n) is 4.13. The van der Waals surface area contributed by atoms with Gasteiger partial charge in [0.2, 0.25) is 11.8 Å². The fraction of sp³-hybridized carbons (Fsp3) is 0.310.